The molecule has 0 aliphatic carbocycles. The fourth-order valence-corrected chi connectivity index (χ4v) is 3.80. The van der Waals surface area contributed by atoms with Crippen molar-refractivity contribution in [3.05, 3.63) is 65.9 Å². The number of hydrogen-bond acceptors (Lipinski definition) is 2. The predicted molar refractivity (Wildman–Crippen MR) is 106 cm³/mol. The third-order valence-electron chi connectivity index (χ3n) is 5.36. The van der Waals surface area contributed by atoms with Gasteiger partial charge in [0.25, 0.3) is 0 Å². The van der Waals surface area contributed by atoms with Gasteiger partial charge in [-0.25, -0.2) is 0 Å². The molecule has 1 atom stereocenters. The van der Waals surface area contributed by atoms with E-state index in [1.54, 1.807) is 4.90 Å². The van der Waals surface area contributed by atoms with Crippen LogP contribution in [-0.4, -0.2) is 22.4 Å². The molecular weight excluding hydrogens is 338 g/mol. The smallest absolute Gasteiger partial charge is 0.243 e. The van der Waals surface area contributed by atoms with Gasteiger partial charge in [0.05, 0.1) is 0 Å². The largest absolute Gasteiger partial charge is 0.350 e. The Morgan fingerprint density at radius 1 is 1.15 bits per heavy atom. The van der Waals surface area contributed by atoms with Crippen LogP contribution in [0.3, 0.4) is 0 Å². The monoisotopic (exact) mass is 361 g/mol. The molecule has 1 unspecified atom stereocenters. The second kappa shape index (κ2) is 6.91. The molecule has 1 aliphatic rings. The summed E-state index contributed by atoms with van der Waals surface area (Å²) in [5.41, 5.74) is 4.21. The van der Waals surface area contributed by atoms with Crippen LogP contribution in [0, 0.1) is 6.92 Å². The Hall–Kier alpha value is -3.08. The van der Waals surface area contributed by atoms with Gasteiger partial charge in [0.1, 0.15) is 6.04 Å². The van der Waals surface area contributed by atoms with Gasteiger partial charge < -0.3 is 9.88 Å². The van der Waals surface area contributed by atoms with E-state index >= 15 is 0 Å². The van der Waals surface area contributed by atoms with Gasteiger partial charge in [0.2, 0.25) is 11.8 Å². The number of fused-ring (bicyclic) bond motifs is 1. The minimum absolute atomic E-state index is 0.00234. The van der Waals surface area contributed by atoms with Gasteiger partial charge in [-0.2, -0.15) is 0 Å². The zero-order chi connectivity index (χ0) is 19.0. The minimum atomic E-state index is -0.442. The Morgan fingerprint density at radius 2 is 1.93 bits per heavy atom. The standard InChI is InChI=1S/C22H23N3O2/c1-15-12-17-13-16(8-9-19(17)24(15)2)14-23-22(27)20-10-11-21(26)25(20)18-6-4-3-5-7-18/h3-9,12-13,20H,10-11,14H2,1-2H3,(H,23,27). The maximum Gasteiger partial charge on any atom is 0.243 e. The number of rotatable bonds is 4. The maximum atomic E-state index is 12.8. The zero-order valence-corrected chi connectivity index (χ0v) is 15.6. The predicted octanol–water partition coefficient (Wildman–Crippen LogP) is 3.30. The molecule has 27 heavy (non-hydrogen) atoms. The summed E-state index contributed by atoms with van der Waals surface area (Å²) in [6.07, 6.45) is 0.957. The lowest BCUT2D eigenvalue weighted by atomic mass is 10.1. The Bertz CT molecular complexity index is 1010. The third kappa shape index (κ3) is 3.21. The number of aromatic nitrogens is 1. The number of nitrogens with one attached hydrogen (secondary N) is 1. The van der Waals surface area contributed by atoms with Crippen molar-refractivity contribution in [2.45, 2.75) is 32.4 Å². The van der Waals surface area contributed by atoms with E-state index in [0.29, 0.717) is 19.4 Å². The van der Waals surface area contributed by atoms with Crippen molar-refractivity contribution in [3.63, 3.8) is 0 Å². The van der Waals surface area contributed by atoms with Crippen LogP contribution >= 0.6 is 0 Å². The topological polar surface area (TPSA) is 54.3 Å². The molecule has 1 N–H and O–H groups in total. The summed E-state index contributed by atoms with van der Waals surface area (Å²) in [5.74, 6) is -0.100. The van der Waals surface area contributed by atoms with Crippen LogP contribution in [0.4, 0.5) is 5.69 Å². The molecule has 0 radical (unpaired) electrons. The molecule has 0 bridgehead atoms. The van der Waals surface area contributed by atoms with Crippen LogP contribution in [0.15, 0.2) is 54.6 Å². The van der Waals surface area contributed by atoms with E-state index in [1.165, 1.54) is 16.6 Å². The first-order chi connectivity index (χ1) is 13.0. The zero-order valence-electron chi connectivity index (χ0n) is 15.6. The summed E-state index contributed by atoms with van der Waals surface area (Å²) in [5, 5.41) is 4.18. The summed E-state index contributed by atoms with van der Waals surface area (Å²) in [6, 6.07) is 17.3. The molecule has 1 aliphatic heterocycles. The highest BCUT2D eigenvalue weighted by Crippen LogP contribution is 2.26. The van der Waals surface area contributed by atoms with Crippen molar-refractivity contribution in [1.82, 2.24) is 9.88 Å². The lowest BCUT2D eigenvalue weighted by Crippen LogP contribution is -2.44. The highest BCUT2D eigenvalue weighted by atomic mass is 16.2. The molecule has 2 aromatic carbocycles. The first kappa shape index (κ1) is 17.3. The van der Waals surface area contributed by atoms with E-state index in [0.717, 1.165) is 11.3 Å². The average molecular weight is 361 g/mol. The second-order valence-electron chi connectivity index (χ2n) is 7.11. The maximum absolute atomic E-state index is 12.8. The van der Waals surface area contributed by atoms with Gasteiger partial charge in [-0.15, -0.1) is 0 Å². The van der Waals surface area contributed by atoms with Gasteiger partial charge in [0.15, 0.2) is 0 Å². The first-order valence-electron chi connectivity index (χ1n) is 9.24. The van der Waals surface area contributed by atoms with Gasteiger partial charge in [-0.1, -0.05) is 24.3 Å². The van der Waals surface area contributed by atoms with Gasteiger partial charge in [0, 0.05) is 42.3 Å². The number of benzene rings is 2. The number of carbonyl (C=O) groups is 2. The fraction of sp³-hybridized carbons (Fsp3) is 0.273. The molecule has 5 heteroatoms. The summed E-state index contributed by atoms with van der Waals surface area (Å²) in [6.45, 7) is 2.53. The normalized spacial score (nSPS) is 16.9. The Kier molecular flexibility index (Phi) is 4.44. The van der Waals surface area contributed by atoms with E-state index in [9.17, 15) is 9.59 Å². The van der Waals surface area contributed by atoms with Gasteiger partial charge >= 0.3 is 0 Å². The SMILES string of the molecule is Cc1cc2cc(CNC(=O)C3CCC(=O)N3c3ccccc3)ccc2n1C. The Morgan fingerprint density at radius 3 is 2.70 bits per heavy atom. The number of hydrogen-bond donors (Lipinski definition) is 1. The van der Waals surface area contributed by atoms with Crippen molar-refractivity contribution < 1.29 is 9.59 Å². The number of amides is 2. The minimum Gasteiger partial charge on any atom is -0.350 e. The number of aryl methyl sites for hydroxylation is 2. The molecule has 138 valence electrons. The van der Waals surface area contributed by atoms with Crippen LogP contribution in [0.25, 0.3) is 10.9 Å². The second-order valence-corrected chi connectivity index (χ2v) is 7.11. The van der Waals surface area contributed by atoms with Crippen LogP contribution in [0.2, 0.25) is 0 Å². The number of carbonyl (C=O) groups excluding carboxylic acids is 2. The van der Waals surface area contributed by atoms with Crippen LogP contribution in [0.1, 0.15) is 24.1 Å². The number of nitrogens with zero attached hydrogens (tertiary/aromatic N) is 2. The highest BCUT2D eigenvalue weighted by Gasteiger charge is 2.36. The first-order valence-corrected chi connectivity index (χ1v) is 9.24. The average Bonchev–Trinajstić information content (AvgIpc) is 3.20. The molecule has 2 heterocycles. The Labute approximate surface area is 158 Å². The van der Waals surface area contributed by atoms with Crippen molar-refractivity contribution >= 4 is 28.4 Å². The van der Waals surface area contributed by atoms with Crippen LogP contribution in [0.5, 0.6) is 0 Å². The van der Waals surface area contributed by atoms with Crippen molar-refractivity contribution in [2.75, 3.05) is 4.90 Å². The third-order valence-corrected chi connectivity index (χ3v) is 5.36. The molecular formula is C22H23N3O2. The molecule has 4 rings (SSSR count). The molecule has 5 nitrogen and oxygen atoms in total. The lowest BCUT2D eigenvalue weighted by Gasteiger charge is -2.24. The summed E-state index contributed by atoms with van der Waals surface area (Å²) in [4.78, 5) is 26.7. The Balaban J connectivity index is 1.48. The number of anilines is 1. The lowest BCUT2D eigenvalue weighted by molar-refractivity contribution is -0.124. The molecule has 0 spiro atoms. The van der Waals surface area contributed by atoms with Crippen molar-refractivity contribution in [1.29, 1.82) is 0 Å². The molecule has 3 aromatic rings. The van der Waals surface area contributed by atoms with Crippen LogP contribution in [-0.2, 0) is 23.2 Å². The molecule has 1 saturated heterocycles. The van der Waals surface area contributed by atoms with Gasteiger partial charge in [-0.3, -0.25) is 14.5 Å². The molecule has 0 saturated carbocycles. The summed E-state index contributed by atoms with van der Waals surface area (Å²) >= 11 is 0. The van der Waals surface area contributed by atoms with E-state index in [-0.39, 0.29) is 11.8 Å². The number of para-hydroxylation sites is 1. The highest BCUT2D eigenvalue weighted by molar-refractivity contribution is 6.03. The molecule has 2 amide bonds. The van der Waals surface area contributed by atoms with Crippen molar-refractivity contribution in [2.24, 2.45) is 7.05 Å². The van der Waals surface area contributed by atoms with E-state index < -0.39 is 6.04 Å². The summed E-state index contributed by atoms with van der Waals surface area (Å²) in [7, 11) is 2.05. The van der Waals surface area contributed by atoms with E-state index in [4.69, 9.17) is 0 Å². The fourth-order valence-electron chi connectivity index (χ4n) is 3.80. The summed E-state index contributed by atoms with van der Waals surface area (Å²) < 4.78 is 2.15. The van der Waals surface area contributed by atoms with Gasteiger partial charge in [-0.05, 0) is 49.2 Å². The molecule has 1 aromatic heterocycles. The molecule has 1 fully saturated rings. The van der Waals surface area contributed by atoms with Crippen molar-refractivity contribution in [3.8, 4) is 0 Å². The van der Waals surface area contributed by atoms with E-state index in [2.05, 4.69) is 35.0 Å². The quantitative estimate of drug-likeness (QED) is 0.775. The van der Waals surface area contributed by atoms with E-state index in [1.807, 2.05) is 43.4 Å². The van der Waals surface area contributed by atoms with Crippen LogP contribution < -0.4 is 10.2 Å².